The van der Waals surface area contributed by atoms with E-state index >= 15 is 0 Å². The Morgan fingerprint density at radius 2 is 1.59 bits per heavy atom. The predicted octanol–water partition coefficient (Wildman–Crippen LogP) is 4.19. The Hall–Kier alpha value is -0.900. The van der Waals surface area contributed by atoms with Gasteiger partial charge in [-0.2, -0.15) is 0 Å². The van der Waals surface area contributed by atoms with Crippen LogP contribution in [0.1, 0.15) is 52.0 Å². The molecule has 0 aliphatic carbocycles. The third kappa shape index (κ3) is 3.70. The third-order valence-electron chi connectivity index (χ3n) is 4.91. The van der Waals surface area contributed by atoms with Gasteiger partial charge < -0.3 is 14.6 Å². The molecule has 0 radical (unpaired) electrons. The quantitative estimate of drug-likeness (QED) is 0.659. The van der Waals surface area contributed by atoms with Crippen molar-refractivity contribution in [3.05, 3.63) is 35.9 Å². The zero-order chi connectivity index (χ0) is 16.6. The van der Waals surface area contributed by atoms with Gasteiger partial charge in [0.25, 0.3) is 0 Å². The number of aliphatic hydroxyl groups is 1. The summed E-state index contributed by atoms with van der Waals surface area (Å²) >= 11 is 0. The summed E-state index contributed by atoms with van der Waals surface area (Å²) in [6, 6.07) is 10.2. The van der Waals surface area contributed by atoms with E-state index in [-0.39, 0.29) is 5.92 Å². The Kier molecular flexibility index (Phi) is 7.54. The monoisotopic (exact) mass is 308 g/mol. The van der Waals surface area contributed by atoms with E-state index in [4.69, 9.17) is 9.47 Å². The minimum atomic E-state index is -1.29. The Balaban J connectivity index is 3.33. The molecule has 0 aromatic heterocycles. The molecule has 0 bridgehead atoms. The molecule has 0 heterocycles. The maximum Gasteiger partial charge on any atom is 0.195 e. The number of benzene rings is 1. The van der Waals surface area contributed by atoms with Gasteiger partial charge in [0.2, 0.25) is 0 Å². The lowest BCUT2D eigenvalue weighted by Crippen LogP contribution is -2.62. The van der Waals surface area contributed by atoms with Crippen molar-refractivity contribution in [1.29, 1.82) is 0 Å². The van der Waals surface area contributed by atoms with E-state index in [9.17, 15) is 5.11 Å². The van der Waals surface area contributed by atoms with Gasteiger partial charge in [-0.15, -0.1) is 0 Å². The van der Waals surface area contributed by atoms with Gasteiger partial charge >= 0.3 is 0 Å². The molecule has 0 aliphatic heterocycles. The summed E-state index contributed by atoms with van der Waals surface area (Å²) in [5, 5.41) is 11.3. The molecule has 1 aromatic carbocycles. The Morgan fingerprint density at radius 3 is 2.00 bits per heavy atom. The summed E-state index contributed by atoms with van der Waals surface area (Å²) in [7, 11) is 3.28. The maximum absolute atomic E-state index is 11.3. The molecule has 126 valence electrons. The standard InChI is InChI=1S/C19H32O3/c1-6-14-19(20,22-5)18(21-4,17(7-2)8-3)15-16-12-10-9-11-13-16/h9-13,17,20H,6-8,14-15H2,1-5H3. The largest absolute Gasteiger partial charge is 0.372 e. The summed E-state index contributed by atoms with van der Waals surface area (Å²) in [5.74, 6) is -1.07. The fourth-order valence-electron chi connectivity index (χ4n) is 3.67. The van der Waals surface area contributed by atoms with Gasteiger partial charge in [-0.1, -0.05) is 70.4 Å². The van der Waals surface area contributed by atoms with E-state index in [1.807, 2.05) is 18.2 Å². The molecule has 1 rings (SSSR count). The lowest BCUT2D eigenvalue weighted by atomic mass is 9.71. The zero-order valence-electron chi connectivity index (χ0n) is 14.8. The first-order valence-electron chi connectivity index (χ1n) is 8.40. The highest BCUT2D eigenvalue weighted by atomic mass is 16.6. The highest BCUT2D eigenvalue weighted by molar-refractivity contribution is 5.19. The molecule has 0 saturated carbocycles. The first kappa shape index (κ1) is 19.1. The average molecular weight is 308 g/mol. The second kappa shape index (κ2) is 8.66. The Bertz CT molecular complexity index is 416. The molecule has 22 heavy (non-hydrogen) atoms. The van der Waals surface area contributed by atoms with Crippen LogP contribution in [0.15, 0.2) is 30.3 Å². The minimum Gasteiger partial charge on any atom is -0.372 e. The van der Waals surface area contributed by atoms with E-state index in [0.29, 0.717) is 12.8 Å². The van der Waals surface area contributed by atoms with Gasteiger partial charge in [0.1, 0.15) is 5.60 Å². The van der Waals surface area contributed by atoms with Crippen molar-refractivity contribution < 1.29 is 14.6 Å². The molecule has 3 nitrogen and oxygen atoms in total. The van der Waals surface area contributed by atoms with Crippen molar-refractivity contribution in [2.45, 2.75) is 64.3 Å². The van der Waals surface area contributed by atoms with Crippen LogP contribution in [0.5, 0.6) is 0 Å². The van der Waals surface area contributed by atoms with Crippen LogP contribution < -0.4 is 0 Å². The molecule has 2 atom stereocenters. The van der Waals surface area contributed by atoms with Crippen LogP contribution in [0.25, 0.3) is 0 Å². The van der Waals surface area contributed by atoms with Crippen LogP contribution in [0.2, 0.25) is 0 Å². The van der Waals surface area contributed by atoms with Gasteiger partial charge in [-0.3, -0.25) is 0 Å². The summed E-state index contributed by atoms with van der Waals surface area (Å²) < 4.78 is 11.6. The highest BCUT2D eigenvalue weighted by Crippen LogP contribution is 2.43. The topological polar surface area (TPSA) is 38.7 Å². The molecule has 0 saturated heterocycles. The van der Waals surface area contributed by atoms with E-state index in [2.05, 4.69) is 32.9 Å². The molecule has 2 unspecified atom stereocenters. The highest BCUT2D eigenvalue weighted by Gasteiger charge is 2.54. The van der Waals surface area contributed by atoms with E-state index in [1.165, 1.54) is 0 Å². The molecular weight excluding hydrogens is 276 g/mol. The molecule has 0 aliphatic rings. The SMILES string of the molecule is CCCC(O)(OC)C(Cc1ccccc1)(OC)C(CC)CC. The van der Waals surface area contributed by atoms with E-state index in [1.54, 1.807) is 14.2 Å². The smallest absolute Gasteiger partial charge is 0.195 e. The second-order valence-corrected chi connectivity index (χ2v) is 6.01. The number of hydrogen-bond donors (Lipinski definition) is 1. The molecule has 0 amide bonds. The molecule has 3 heteroatoms. The van der Waals surface area contributed by atoms with Crippen LogP contribution in [0.4, 0.5) is 0 Å². The van der Waals surface area contributed by atoms with Crippen molar-refractivity contribution in [2.24, 2.45) is 5.92 Å². The van der Waals surface area contributed by atoms with Crippen LogP contribution >= 0.6 is 0 Å². The normalized spacial score (nSPS) is 17.2. The third-order valence-corrected chi connectivity index (χ3v) is 4.91. The molecule has 0 fully saturated rings. The van der Waals surface area contributed by atoms with Crippen LogP contribution in [-0.2, 0) is 15.9 Å². The molecule has 1 N–H and O–H groups in total. The van der Waals surface area contributed by atoms with E-state index < -0.39 is 11.4 Å². The van der Waals surface area contributed by atoms with Gasteiger partial charge in [-0.05, 0) is 11.5 Å². The molecule has 1 aromatic rings. The van der Waals surface area contributed by atoms with Crippen LogP contribution in [0.3, 0.4) is 0 Å². The van der Waals surface area contributed by atoms with E-state index in [0.717, 1.165) is 24.8 Å². The lowest BCUT2D eigenvalue weighted by molar-refractivity contribution is -0.316. The van der Waals surface area contributed by atoms with Crippen molar-refractivity contribution in [1.82, 2.24) is 0 Å². The lowest BCUT2D eigenvalue weighted by Gasteiger charge is -2.49. The van der Waals surface area contributed by atoms with Crippen molar-refractivity contribution in [3.8, 4) is 0 Å². The summed E-state index contributed by atoms with van der Waals surface area (Å²) in [5.41, 5.74) is 0.408. The number of ether oxygens (including phenoxy) is 2. The van der Waals surface area contributed by atoms with Gasteiger partial charge in [0, 0.05) is 27.1 Å². The molecular formula is C19H32O3. The fraction of sp³-hybridized carbons (Fsp3) is 0.684. The first-order chi connectivity index (χ1) is 10.5. The first-order valence-corrected chi connectivity index (χ1v) is 8.40. The zero-order valence-corrected chi connectivity index (χ0v) is 14.8. The van der Waals surface area contributed by atoms with Crippen LogP contribution in [0, 0.1) is 5.92 Å². The second-order valence-electron chi connectivity index (χ2n) is 6.01. The fourth-order valence-corrected chi connectivity index (χ4v) is 3.67. The van der Waals surface area contributed by atoms with Gasteiger partial charge in [-0.25, -0.2) is 0 Å². The van der Waals surface area contributed by atoms with Gasteiger partial charge in [0.15, 0.2) is 5.79 Å². The maximum atomic E-state index is 11.3. The predicted molar refractivity (Wildman–Crippen MR) is 90.8 cm³/mol. The van der Waals surface area contributed by atoms with Crippen molar-refractivity contribution >= 4 is 0 Å². The van der Waals surface area contributed by atoms with Crippen molar-refractivity contribution in [2.75, 3.05) is 14.2 Å². The van der Waals surface area contributed by atoms with Crippen molar-refractivity contribution in [3.63, 3.8) is 0 Å². The summed E-state index contributed by atoms with van der Waals surface area (Å²) in [6.45, 7) is 6.35. The minimum absolute atomic E-state index is 0.217. The van der Waals surface area contributed by atoms with Gasteiger partial charge in [0.05, 0.1) is 0 Å². The number of hydrogen-bond acceptors (Lipinski definition) is 3. The molecule has 0 spiro atoms. The van der Waals surface area contributed by atoms with Crippen LogP contribution in [-0.4, -0.2) is 30.7 Å². The Labute approximate surface area is 135 Å². The average Bonchev–Trinajstić information content (AvgIpc) is 2.55. The Morgan fingerprint density at radius 1 is 1.00 bits per heavy atom. The summed E-state index contributed by atoms with van der Waals surface area (Å²) in [6.07, 6.45) is 3.91. The number of rotatable bonds is 10. The number of methoxy groups -OCH3 is 2. The summed E-state index contributed by atoms with van der Waals surface area (Å²) in [4.78, 5) is 0.